The van der Waals surface area contributed by atoms with E-state index in [2.05, 4.69) is 5.32 Å². The standard InChI is InChI=1S/C21H15Cl5N2O3S/c22-11-5-10(6-12(23)7-11)17-18(21(17,25)26)19(30)27-13-1-2-15(24)14(8-13)16(29)9-28-3-4-32-20(28)31/h1-2,5-8,17-18H,3-4,9H2,(H,27,30). The van der Waals surface area contributed by atoms with Gasteiger partial charge >= 0.3 is 0 Å². The molecule has 5 nitrogen and oxygen atoms in total. The Morgan fingerprint density at radius 3 is 2.41 bits per heavy atom. The van der Waals surface area contributed by atoms with Crippen molar-refractivity contribution in [1.82, 2.24) is 4.90 Å². The first-order valence-electron chi connectivity index (χ1n) is 9.47. The van der Waals surface area contributed by atoms with Crippen molar-refractivity contribution < 1.29 is 14.4 Å². The van der Waals surface area contributed by atoms with Gasteiger partial charge in [0.15, 0.2) is 5.78 Å². The van der Waals surface area contributed by atoms with E-state index in [0.717, 1.165) is 0 Å². The zero-order chi connectivity index (χ0) is 23.2. The molecule has 2 atom stereocenters. The quantitative estimate of drug-likeness (QED) is 0.327. The minimum atomic E-state index is -1.32. The lowest BCUT2D eigenvalue weighted by molar-refractivity contribution is -0.117. The van der Waals surface area contributed by atoms with Gasteiger partial charge in [0.1, 0.15) is 4.33 Å². The highest BCUT2D eigenvalue weighted by molar-refractivity contribution is 8.13. The fourth-order valence-electron chi connectivity index (χ4n) is 3.69. The Morgan fingerprint density at radius 1 is 1.09 bits per heavy atom. The normalized spacial score (nSPS) is 21.5. The SMILES string of the molecule is O=C(CN1CCSC1=O)c1cc(NC(=O)C2C(c3cc(Cl)cc(Cl)c3)C2(Cl)Cl)ccc1Cl. The second-order valence-corrected chi connectivity index (χ2v) is 11.2. The van der Waals surface area contributed by atoms with Crippen molar-refractivity contribution in [2.24, 2.45) is 5.92 Å². The van der Waals surface area contributed by atoms with Crippen molar-refractivity contribution in [1.29, 1.82) is 0 Å². The van der Waals surface area contributed by atoms with Crippen LogP contribution in [-0.4, -0.2) is 45.0 Å². The number of carbonyl (C=O) groups is 3. The van der Waals surface area contributed by atoms with Gasteiger partial charge < -0.3 is 10.2 Å². The molecule has 2 aromatic carbocycles. The minimum Gasteiger partial charge on any atom is -0.326 e. The summed E-state index contributed by atoms with van der Waals surface area (Å²) < 4.78 is -1.32. The molecule has 4 rings (SSSR count). The molecule has 2 fully saturated rings. The fourth-order valence-corrected chi connectivity index (χ4v) is 6.11. The number of nitrogens with zero attached hydrogens (tertiary/aromatic N) is 1. The second kappa shape index (κ2) is 9.24. The Labute approximate surface area is 213 Å². The molecule has 2 amide bonds. The maximum atomic E-state index is 12.9. The maximum Gasteiger partial charge on any atom is 0.282 e. The lowest BCUT2D eigenvalue weighted by Crippen LogP contribution is -2.30. The summed E-state index contributed by atoms with van der Waals surface area (Å²) in [6.07, 6.45) is 0. The van der Waals surface area contributed by atoms with Gasteiger partial charge in [0.25, 0.3) is 5.24 Å². The summed E-state index contributed by atoms with van der Waals surface area (Å²) in [4.78, 5) is 38.8. The number of nitrogens with one attached hydrogen (secondary N) is 1. The van der Waals surface area contributed by atoms with Gasteiger partial charge in [0.05, 0.1) is 17.5 Å². The number of thioether (sulfide) groups is 1. The summed E-state index contributed by atoms with van der Waals surface area (Å²) in [5, 5.41) is 3.67. The molecule has 0 spiro atoms. The van der Waals surface area contributed by atoms with Crippen LogP contribution in [0.15, 0.2) is 36.4 Å². The summed E-state index contributed by atoms with van der Waals surface area (Å²) in [5.74, 6) is -1.31. The van der Waals surface area contributed by atoms with Crippen LogP contribution in [0.3, 0.4) is 0 Å². The van der Waals surface area contributed by atoms with Crippen LogP contribution in [0.1, 0.15) is 21.8 Å². The summed E-state index contributed by atoms with van der Waals surface area (Å²) >= 11 is 32.3. The number of Topliss-reactive ketones (excluding diaryl/α,β-unsaturated/α-hetero) is 1. The topological polar surface area (TPSA) is 66.5 Å². The first-order chi connectivity index (χ1) is 15.1. The molecule has 2 aromatic rings. The minimum absolute atomic E-state index is 0.0738. The van der Waals surface area contributed by atoms with E-state index in [4.69, 9.17) is 58.0 Å². The molecule has 1 aliphatic carbocycles. The van der Waals surface area contributed by atoms with Crippen LogP contribution in [0.5, 0.6) is 0 Å². The largest absolute Gasteiger partial charge is 0.326 e. The molecule has 0 bridgehead atoms. The van der Waals surface area contributed by atoms with Gasteiger partial charge in [-0.3, -0.25) is 14.4 Å². The molecule has 1 N–H and O–H groups in total. The number of hydrogen-bond donors (Lipinski definition) is 1. The molecule has 1 aliphatic heterocycles. The Bertz CT molecular complexity index is 1110. The highest BCUT2D eigenvalue weighted by Gasteiger charge is 2.67. The molecule has 0 aromatic heterocycles. The van der Waals surface area contributed by atoms with Gasteiger partial charge in [-0.2, -0.15) is 0 Å². The third-order valence-corrected chi connectivity index (χ3v) is 7.89. The van der Waals surface area contributed by atoms with Crippen LogP contribution in [0.2, 0.25) is 15.1 Å². The molecular formula is C21H15Cl5N2O3S. The van der Waals surface area contributed by atoms with Gasteiger partial charge in [0.2, 0.25) is 5.91 Å². The number of ketones is 1. The first kappa shape index (κ1) is 24.0. The van der Waals surface area contributed by atoms with E-state index >= 15 is 0 Å². The van der Waals surface area contributed by atoms with Crippen molar-refractivity contribution in [3.63, 3.8) is 0 Å². The molecular weight excluding hydrogens is 538 g/mol. The Hall–Kier alpha value is -1.15. The number of halogens is 5. The van der Waals surface area contributed by atoms with E-state index in [1.54, 1.807) is 24.3 Å². The third-order valence-electron chi connectivity index (χ3n) is 5.29. The first-order valence-corrected chi connectivity index (χ1v) is 12.3. The molecule has 2 unspecified atom stereocenters. The van der Waals surface area contributed by atoms with Crippen molar-refractivity contribution in [2.75, 3.05) is 24.2 Å². The Balaban J connectivity index is 1.49. The Kier molecular flexibility index (Phi) is 6.93. The summed E-state index contributed by atoms with van der Waals surface area (Å²) in [7, 11) is 0. The van der Waals surface area contributed by atoms with E-state index < -0.39 is 22.1 Å². The number of hydrogen-bond acceptors (Lipinski definition) is 4. The molecule has 1 saturated carbocycles. The van der Waals surface area contributed by atoms with Gasteiger partial charge in [-0.15, -0.1) is 23.2 Å². The van der Waals surface area contributed by atoms with E-state index in [9.17, 15) is 14.4 Å². The van der Waals surface area contributed by atoms with E-state index in [1.807, 2.05) is 0 Å². The summed E-state index contributed by atoms with van der Waals surface area (Å²) in [6, 6.07) is 9.49. The number of benzene rings is 2. The van der Waals surface area contributed by atoms with Gasteiger partial charge in [0, 0.05) is 39.5 Å². The zero-order valence-electron chi connectivity index (χ0n) is 16.2. The Morgan fingerprint density at radius 2 is 1.78 bits per heavy atom. The maximum absolute atomic E-state index is 12.9. The van der Waals surface area contributed by atoms with Crippen LogP contribution >= 0.6 is 69.8 Å². The van der Waals surface area contributed by atoms with Crippen LogP contribution in [0, 0.1) is 5.92 Å². The summed E-state index contributed by atoms with van der Waals surface area (Å²) in [6.45, 7) is 0.434. The van der Waals surface area contributed by atoms with Crippen molar-refractivity contribution in [3.05, 3.63) is 62.6 Å². The van der Waals surface area contributed by atoms with Crippen molar-refractivity contribution in [2.45, 2.75) is 10.3 Å². The molecule has 0 radical (unpaired) electrons. The van der Waals surface area contributed by atoms with Crippen LogP contribution in [0.25, 0.3) is 0 Å². The molecule has 2 aliphatic rings. The zero-order valence-corrected chi connectivity index (χ0v) is 20.8. The third kappa shape index (κ3) is 4.86. The van der Waals surface area contributed by atoms with E-state index in [1.165, 1.54) is 28.8 Å². The molecule has 32 heavy (non-hydrogen) atoms. The predicted molar refractivity (Wildman–Crippen MR) is 131 cm³/mol. The average molecular weight is 553 g/mol. The van der Waals surface area contributed by atoms with Crippen LogP contribution in [-0.2, 0) is 4.79 Å². The van der Waals surface area contributed by atoms with Crippen molar-refractivity contribution in [3.8, 4) is 0 Å². The predicted octanol–water partition coefficient (Wildman–Crippen LogP) is 6.52. The smallest absolute Gasteiger partial charge is 0.282 e. The van der Waals surface area contributed by atoms with Crippen LogP contribution < -0.4 is 5.32 Å². The molecule has 1 saturated heterocycles. The van der Waals surface area contributed by atoms with E-state index in [-0.39, 0.29) is 28.2 Å². The van der Waals surface area contributed by atoms with Crippen molar-refractivity contribution >= 4 is 92.4 Å². The molecule has 1 heterocycles. The molecule has 11 heteroatoms. The lowest BCUT2D eigenvalue weighted by atomic mass is 10.1. The van der Waals surface area contributed by atoms with Gasteiger partial charge in [-0.25, -0.2) is 0 Å². The number of amides is 2. The monoisotopic (exact) mass is 550 g/mol. The highest BCUT2D eigenvalue weighted by Crippen LogP contribution is 2.65. The number of rotatable bonds is 6. The number of alkyl halides is 2. The number of anilines is 1. The van der Waals surface area contributed by atoms with E-state index in [0.29, 0.717) is 33.6 Å². The van der Waals surface area contributed by atoms with Gasteiger partial charge in [-0.05, 0) is 42.0 Å². The second-order valence-electron chi connectivity index (χ2n) is 7.48. The molecule has 168 valence electrons. The highest BCUT2D eigenvalue weighted by atomic mass is 35.5. The average Bonchev–Trinajstić information content (AvgIpc) is 3.07. The fraction of sp³-hybridized carbons (Fsp3) is 0.286. The lowest BCUT2D eigenvalue weighted by Gasteiger charge is -2.14. The summed E-state index contributed by atoms with van der Waals surface area (Å²) in [5.41, 5.74) is 1.24. The number of carbonyl (C=O) groups excluding carboxylic acids is 3. The van der Waals surface area contributed by atoms with Crippen LogP contribution in [0.4, 0.5) is 10.5 Å². The van der Waals surface area contributed by atoms with Gasteiger partial charge in [-0.1, -0.05) is 46.6 Å².